The van der Waals surface area contributed by atoms with Crippen LogP contribution in [0.4, 0.5) is 13.2 Å². The quantitative estimate of drug-likeness (QED) is 0.745. The first-order chi connectivity index (χ1) is 7.18. The fourth-order valence-corrected chi connectivity index (χ4v) is 1.06. The van der Waals surface area contributed by atoms with Gasteiger partial charge in [0.2, 0.25) is 0 Å². The van der Waals surface area contributed by atoms with Crippen LogP contribution in [0.15, 0.2) is 24.3 Å². The fourth-order valence-electron chi connectivity index (χ4n) is 1.06. The molecule has 0 fully saturated rings. The Bertz CT molecular complexity index is 350. The molecule has 1 rings (SSSR count). The summed E-state index contributed by atoms with van der Waals surface area (Å²) < 4.78 is 42.5. The van der Waals surface area contributed by atoms with Crippen molar-refractivity contribution in [2.45, 2.75) is 26.9 Å². The molecule has 0 heterocycles. The third-order valence-electron chi connectivity index (χ3n) is 1.83. The van der Waals surface area contributed by atoms with Crippen LogP contribution in [0.2, 0.25) is 0 Å². The highest BCUT2D eigenvalue weighted by Gasteiger charge is 2.30. The molecule has 0 saturated heterocycles. The number of alkyl halides is 3. The van der Waals surface area contributed by atoms with Crippen LogP contribution in [0.25, 0.3) is 0 Å². The van der Waals surface area contributed by atoms with Gasteiger partial charge in [0, 0.05) is 0 Å². The molecule has 0 aromatic heterocycles. The minimum atomic E-state index is -4.32. The van der Waals surface area contributed by atoms with Gasteiger partial charge in [0.25, 0.3) is 0 Å². The molecule has 1 nitrogen and oxygen atoms in total. The molecule has 0 aliphatic rings. The van der Waals surface area contributed by atoms with Crippen LogP contribution in [-0.2, 0) is 6.18 Å². The van der Waals surface area contributed by atoms with Crippen molar-refractivity contribution in [1.29, 1.82) is 0 Å². The lowest BCUT2D eigenvalue weighted by molar-refractivity contribution is -0.137. The summed E-state index contributed by atoms with van der Waals surface area (Å²) in [5.41, 5.74) is -0.757. The van der Waals surface area contributed by atoms with Gasteiger partial charge in [-0.15, -0.1) is 0 Å². The first-order valence-electron chi connectivity index (χ1n) is 4.98. The predicted octanol–water partition coefficient (Wildman–Crippen LogP) is 4.13. The third-order valence-corrected chi connectivity index (χ3v) is 1.83. The summed E-state index contributed by atoms with van der Waals surface area (Å²) >= 11 is 0. The Morgan fingerprint density at radius 2 is 1.75 bits per heavy atom. The van der Waals surface area contributed by atoms with Crippen molar-refractivity contribution in [3.8, 4) is 5.75 Å². The average molecular weight is 232 g/mol. The van der Waals surface area contributed by atoms with E-state index in [9.17, 15) is 13.2 Å². The Morgan fingerprint density at radius 3 is 2.25 bits per heavy atom. The third kappa shape index (κ3) is 4.13. The molecule has 4 heteroatoms. The van der Waals surface area contributed by atoms with Crippen LogP contribution < -0.4 is 4.74 Å². The minimum Gasteiger partial charge on any atom is -0.493 e. The highest BCUT2D eigenvalue weighted by atomic mass is 19.4. The zero-order valence-electron chi connectivity index (χ0n) is 9.56. The van der Waals surface area contributed by atoms with Crippen LogP contribution in [-0.4, -0.2) is 6.61 Å². The first kappa shape index (κ1) is 12.9. The van der Waals surface area contributed by atoms with Crippen LogP contribution >= 0.6 is 0 Å². The van der Waals surface area contributed by atoms with E-state index < -0.39 is 11.7 Å². The molecule has 0 radical (unpaired) electrons. The van der Waals surface area contributed by atoms with Crippen molar-refractivity contribution in [2.75, 3.05) is 6.61 Å². The molecule has 0 atom stereocenters. The highest BCUT2D eigenvalue weighted by Crippen LogP contribution is 2.31. The SMILES string of the molecule is CC(C)(C)COc1cccc(C(F)(F)F)c1. The molecule has 0 saturated carbocycles. The second-order valence-electron chi connectivity index (χ2n) is 4.87. The van der Waals surface area contributed by atoms with Crippen molar-refractivity contribution < 1.29 is 17.9 Å². The van der Waals surface area contributed by atoms with Crippen molar-refractivity contribution in [1.82, 2.24) is 0 Å². The second-order valence-corrected chi connectivity index (χ2v) is 4.87. The van der Waals surface area contributed by atoms with Gasteiger partial charge in [0.05, 0.1) is 12.2 Å². The molecule has 16 heavy (non-hydrogen) atoms. The van der Waals surface area contributed by atoms with Crippen LogP contribution in [0.1, 0.15) is 26.3 Å². The summed E-state index contributed by atoms with van der Waals surface area (Å²) in [6, 6.07) is 4.93. The Balaban J connectivity index is 2.76. The Morgan fingerprint density at radius 1 is 1.12 bits per heavy atom. The summed E-state index contributed by atoms with van der Waals surface area (Å²) in [5.74, 6) is 0.254. The Labute approximate surface area is 93.2 Å². The molecule has 0 aliphatic carbocycles. The van der Waals surface area contributed by atoms with Gasteiger partial charge in [0.15, 0.2) is 0 Å². The zero-order chi connectivity index (χ0) is 12.4. The van der Waals surface area contributed by atoms with E-state index in [0.717, 1.165) is 12.1 Å². The molecule has 0 spiro atoms. The molecule has 1 aromatic rings. The van der Waals surface area contributed by atoms with E-state index >= 15 is 0 Å². The Kier molecular flexibility index (Phi) is 3.51. The number of hydrogen-bond donors (Lipinski definition) is 0. The van der Waals surface area contributed by atoms with Crippen molar-refractivity contribution in [2.24, 2.45) is 5.41 Å². The topological polar surface area (TPSA) is 9.23 Å². The normalized spacial score (nSPS) is 12.6. The Hall–Kier alpha value is -1.19. The zero-order valence-corrected chi connectivity index (χ0v) is 9.56. The molecule has 0 aliphatic heterocycles. The van der Waals surface area contributed by atoms with E-state index in [1.54, 1.807) is 0 Å². The van der Waals surface area contributed by atoms with Crippen LogP contribution in [0.5, 0.6) is 5.75 Å². The van der Waals surface area contributed by atoms with Gasteiger partial charge < -0.3 is 4.74 Å². The van der Waals surface area contributed by atoms with Crippen LogP contribution in [0, 0.1) is 5.41 Å². The fraction of sp³-hybridized carbons (Fsp3) is 0.500. The molecular formula is C12H15F3O. The maximum atomic E-state index is 12.4. The molecule has 90 valence electrons. The van der Waals surface area contributed by atoms with Gasteiger partial charge in [0.1, 0.15) is 5.75 Å². The molecular weight excluding hydrogens is 217 g/mol. The number of halogens is 3. The largest absolute Gasteiger partial charge is 0.493 e. The summed E-state index contributed by atoms with van der Waals surface area (Å²) in [6.07, 6.45) is -4.32. The summed E-state index contributed by atoms with van der Waals surface area (Å²) in [6.45, 7) is 6.26. The van der Waals surface area contributed by atoms with E-state index in [1.807, 2.05) is 20.8 Å². The van der Waals surface area contributed by atoms with Gasteiger partial charge >= 0.3 is 6.18 Å². The minimum absolute atomic E-state index is 0.0752. The molecule has 0 bridgehead atoms. The van der Waals surface area contributed by atoms with Gasteiger partial charge in [-0.2, -0.15) is 13.2 Å². The average Bonchev–Trinajstić information content (AvgIpc) is 2.13. The lowest BCUT2D eigenvalue weighted by Gasteiger charge is -2.19. The van der Waals surface area contributed by atoms with Gasteiger partial charge in [-0.1, -0.05) is 26.8 Å². The van der Waals surface area contributed by atoms with Gasteiger partial charge in [-0.25, -0.2) is 0 Å². The standard InChI is InChI=1S/C12H15F3O/c1-11(2,3)8-16-10-6-4-5-9(7-10)12(13,14)15/h4-7H,8H2,1-3H3. The van der Waals surface area contributed by atoms with E-state index in [4.69, 9.17) is 4.74 Å². The molecule has 0 amide bonds. The van der Waals surface area contributed by atoms with Crippen molar-refractivity contribution in [3.63, 3.8) is 0 Å². The summed E-state index contributed by atoms with van der Waals surface area (Å²) in [4.78, 5) is 0. The maximum absolute atomic E-state index is 12.4. The molecule has 0 unspecified atom stereocenters. The van der Waals surface area contributed by atoms with Crippen LogP contribution in [0.3, 0.4) is 0 Å². The number of hydrogen-bond acceptors (Lipinski definition) is 1. The first-order valence-corrected chi connectivity index (χ1v) is 4.98. The van der Waals surface area contributed by atoms with E-state index in [1.165, 1.54) is 12.1 Å². The van der Waals surface area contributed by atoms with Gasteiger partial charge in [-0.05, 0) is 23.6 Å². The van der Waals surface area contributed by atoms with E-state index in [2.05, 4.69) is 0 Å². The monoisotopic (exact) mass is 232 g/mol. The number of benzene rings is 1. The van der Waals surface area contributed by atoms with Gasteiger partial charge in [-0.3, -0.25) is 0 Å². The summed E-state index contributed by atoms with van der Waals surface area (Å²) in [7, 11) is 0. The van der Waals surface area contributed by atoms with Crippen molar-refractivity contribution in [3.05, 3.63) is 29.8 Å². The molecule has 0 N–H and O–H groups in total. The predicted molar refractivity (Wildman–Crippen MR) is 56.4 cm³/mol. The summed E-state index contributed by atoms with van der Waals surface area (Å²) in [5, 5.41) is 0. The highest BCUT2D eigenvalue weighted by molar-refractivity contribution is 5.30. The number of ether oxygens (including phenoxy) is 1. The molecule has 1 aromatic carbocycles. The number of rotatable bonds is 2. The van der Waals surface area contributed by atoms with Crippen molar-refractivity contribution >= 4 is 0 Å². The lowest BCUT2D eigenvalue weighted by atomic mass is 9.99. The lowest BCUT2D eigenvalue weighted by Crippen LogP contribution is -2.17. The smallest absolute Gasteiger partial charge is 0.416 e. The maximum Gasteiger partial charge on any atom is 0.416 e. The van der Waals surface area contributed by atoms with E-state index in [0.29, 0.717) is 6.61 Å². The van der Waals surface area contributed by atoms with E-state index in [-0.39, 0.29) is 11.2 Å². The second kappa shape index (κ2) is 4.36.